The number of aliphatic hydroxyl groups excluding tert-OH is 1. The van der Waals surface area contributed by atoms with E-state index in [4.69, 9.17) is 0 Å². The summed E-state index contributed by atoms with van der Waals surface area (Å²) in [5.41, 5.74) is 3.05. The Bertz CT molecular complexity index is 712. The first-order valence-electron chi connectivity index (χ1n) is 8.73. The molecule has 1 spiro atoms. The van der Waals surface area contributed by atoms with Crippen LogP contribution in [0.4, 0.5) is 5.69 Å². The fourth-order valence-corrected chi connectivity index (χ4v) is 4.31. The molecule has 0 amide bonds. The molecule has 124 valence electrons. The topological polar surface area (TPSA) is 66.5 Å². The number of aliphatic hydroxyl groups is 1. The van der Waals surface area contributed by atoms with Gasteiger partial charge < -0.3 is 10.0 Å². The normalized spacial score (nSPS) is 28.3. The second-order valence-electron chi connectivity index (χ2n) is 7.50. The molecule has 4 rings (SSSR count). The third kappa shape index (κ3) is 2.40. The molecular weight excluding hydrogens is 290 g/mol. The Morgan fingerprint density at radius 3 is 2.87 bits per heavy atom. The zero-order chi connectivity index (χ0) is 16.0. The SMILES string of the molecule is CC(C)c1cc(N2CCC[C@@]3(CCC[C@H]3O)C2)c2nncn2n1. The number of rotatable bonds is 2. The second-order valence-corrected chi connectivity index (χ2v) is 7.50. The number of piperidine rings is 1. The number of fused-ring (bicyclic) bond motifs is 1. The number of anilines is 1. The van der Waals surface area contributed by atoms with Crippen LogP contribution in [0, 0.1) is 5.41 Å². The molecule has 0 unspecified atom stereocenters. The molecule has 23 heavy (non-hydrogen) atoms. The van der Waals surface area contributed by atoms with Gasteiger partial charge in [-0.25, -0.2) is 0 Å². The summed E-state index contributed by atoms with van der Waals surface area (Å²) in [7, 11) is 0. The average Bonchev–Trinajstić information content (AvgIpc) is 3.14. The van der Waals surface area contributed by atoms with Crippen LogP contribution >= 0.6 is 0 Å². The van der Waals surface area contributed by atoms with E-state index in [1.165, 1.54) is 0 Å². The zero-order valence-corrected chi connectivity index (χ0v) is 13.9. The lowest BCUT2D eigenvalue weighted by atomic mass is 9.76. The van der Waals surface area contributed by atoms with Crippen molar-refractivity contribution in [3.8, 4) is 0 Å². The number of nitrogens with zero attached hydrogens (tertiary/aromatic N) is 5. The maximum atomic E-state index is 10.5. The van der Waals surface area contributed by atoms with E-state index in [0.29, 0.717) is 5.92 Å². The molecule has 6 heteroatoms. The Balaban J connectivity index is 1.74. The van der Waals surface area contributed by atoms with Crippen LogP contribution in [-0.4, -0.2) is 44.1 Å². The van der Waals surface area contributed by atoms with Crippen LogP contribution in [0.1, 0.15) is 57.6 Å². The lowest BCUT2D eigenvalue weighted by Gasteiger charge is -2.43. The number of aromatic nitrogens is 4. The van der Waals surface area contributed by atoms with Gasteiger partial charge in [-0.15, -0.1) is 10.2 Å². The Labute approximate surface area is 136 Å². The van der Waals surface area contributed by atoms with Crippen LogP contribution < -0.4 is 4.90 Å². The maximum Gasteiger partial charge on any atom is 0.200 e. The summed E-state index contributed by atoms with van der Waals surface area (Å²) in [6.07, 6.45) is 6.99. The summed E-state index contributed by atoms with van der Waals surface area (Å²) in [4.78, 5) is 2.40. The highest BCUT2D eigenvalue weighted by atomic mass is 16.3. The summed E-state index contributed by atoms with van der Waals surface area (Å²) in [5, 5.41) is 23.4. The van der Waals surface area contributed by atoms with Gasteiger partial charge in [-0.05, 0) is 37.7 Å². The minimum atomic E-state index is -0.161. The van der Waals surface area contributed by atoms with Gasteiger partial charge in [-0.1, -0.05) is 20.3 Å². The molecule has 3 heterocycles. The van der Waals surface area contributed by atoms with Crippen molar-refractivity contribution in [2.75, 3.05) is 18.0 Å². The fraction of sp³-hybridized carbons (Fsp3) is 0.706. The molecule has 0 radical (unpaired) electrons. The summed E-state index contributed by atoms with van der Waals surface area (Å²) in [5.74, 6) is 0.358. The predicted octanol–water partition coefficient (Wildman–Crippen LogP) is 2.38. The van der Waals surface area contributed by atoms with Crippen molar-refractivity contribution in [3.63, 3.8) is 0 Å². The van der Waals surface area contributed by atoms with Gasteiger partial charge in [0.05, 0.1) is 17.5 Å². The van der Waals surface area contributed by atoms with E-state index in [9.17, 15) is 5.11 Å². The molecule has 2 aromatic rings. The largest absolute Gasteiger partial charge is 0.392 e. The van der Waals surface area contributed by atoms with Crippen molar-refractivity contribution in [2.24, 2.45) is 5.41 Å². The lowest BCUT2D eigenvalue weighted by Crippen LogP contribution is -2.47. The second kappa shape index (κ2) is 5.44. The molecule has 1 saturated heterocycles. The quantitative estimate of drug-likeness (QED) is 0.921. The van der Waals surface area contributed by atoms with Crippen molar-refractivity contribution in [1.29, 1.82) is 0 Å². The van der Waals surface area contributed by atoms with Crippen LogP contribution in [0.3, 0.4) is 0 Å². The van der Waals surface area contributed by atoms with E-state index in [2.05, 4.69) is 40.1 Å². The van der Waals surface area contributed by atoms with E-state index in [-0.39, 0.29) is 11.5 Å². The number of hydrogen-bond acceptors (Lipinski definition) is 5. The van der Waals surface area contributed by atoms with Gasteiger partial charge in [-0.3, -0.25) is 0 Å². The third-order valence-electron chi connectivity index (χ3n) is 5.67. The highest BCUT2D eigenvalue weighted by Crippen LogP contribution is 2.46. The summed E-state index contributed by atoms with van der Waals surface area (Å²) in [6.45, 7) is 6.23. The minimum Gasteiger partial charge on any atom is -0.392 e. The number of hydrogen-bond donors (Lipinski definition) is 1. The molecule has 2 fully saturated rings. The summed E-state index contributed by atoms with van der Waals surface area (Å²) < 4.78 is 1.79. The average molecular weight is 315 g/mol. The van der Waals surface area contributed by atoms with Crippen LogP contribution in [0.2, 0.25) is 0 Å². The van der Waals surface area contributed by atoms with Crippen LogP contribution in [-0.2, 0) is 0 Å². The Morgan fingerprint density at radius 2 is 2.13 bits per heavy atom. The van der Waals surface area contributed by atoms with Gasteiger partial charge in [0, 0.05) is 18.5 Å². The van der Waals surface area contributed by atoms with E-state index in [1.54, 1.807) is 10.8 Å². The van der Waals surface area contributed by atoms with Crippen LogP contribution in [0.25, 0.3) is 5.65 Å². The van der Waals surface area contributed by atoms with Crippen molar-refractivity contribution in [2.45, 2.75) is 58.0 Å². The van der Waals surface area contributed by atoms with E-state index in [1.807, 2.05) is 0 Å². The molecule has 2 atom stereocenters. The first-order valence-corrected chi connectivity index (χ1v) is 8.73. The van der Waals surface area contributed by atoms with E-state index in [0.717, 1.165) is 62.2 Å². The van der Waals surface area contributed by atoms with Crippen molar-refractivity contribution < 1.29 is 5.11 Å². The van der Waals surface area contributed by atoms with Gasteiger partial charge in [0.1, 0.15) is 6.33 Å². The molecule has 1 aliphatic carbocycles. The fourth-order valence-electron chi connectivity index (χ4n) is 4.31. The highest BCUT2D eigenvalue weighted by Gasteiger charge is 2.45. The predicted molar refractivity (Wildman–Crippen MR) is 88.6 cm³/mol. The Morgan fingerprint density at radius 1 is 1.30 bits per heavy atom. The molecule has 1 aliphatic heterocycles. The first-order chi connectivity index (χ1) is 11.1. The Hall–Kier alpha value is -1.69. The van der Waals surface area contributed by atoms with Crippen LogP contribution in [0.15, 0.2) is 12.4 Å². The Kier molecular flexibility index (Phi) is 3.52. The van der Waals surface area contributed by atoms with E-state index >= 15 is 0 Å². The summed E-state index contributed by atoms with van der Waals surface area (Å²) in [6, 6.07) is 2.16. The lowest BCUT2D eigenvalue weighted by molar-refractivity contribution is 0.0410. The molecule has 1 saturated carbocycles. The van der Waals surface area contributed by atoms with Crippen molar-refractivity contribution in [3.05, 3.63) is 18.1 Å². The minimum absolute atomic E-state index is 0.0660. The van der Waals surface area contributed by atoms with Gasteiger partial charge in [0.15, 0.2) is 0 Å². The third-order valence-corrected chi connectivity index (χ3v) is 5.67. The van der Waals surface area contributed by atoms with Crippen molar-refractivity contribution >= 4 is 11.3 Å². The smallest absolute Gasteiger partial charge is 0.200 e. The van der Waals surface area contributed by atoms with E-state index < -0.39 is 0 Å². The standard InChI is InChI=1S/C17H25N5O/c1-12(2)13-9-14(16-19-18-11-22(16)20-13)21-8-4-7-17(10-21)6-3-5-15(17)23/h9,11-12,15,23H,3-8,10H2,1-2H3/t15-,17+/m1/s1. The molecule has 6 nitrogen and oxygen atoms in total. The monoisotopic (exact) mass is 315 g/mol. The molecule has 0 aromatic carbocycles. The maximum absolute atomic E-state index is 10.5. The van der Waals surface area contributed by atoms with Gasteiger partial charge in [-0.2, -0.15) is 9.61 Å². The molecular formula is C17H25N5O. The molecule has 0 bridgehead atoms. The summed E-state index contributed by atoms with van der Waals surface area (Å²) >= 11 is 0. The zero-order valence-electron chi connectivity index (χ0n) is 13.9. The highest BCUT2D eigenvalue weighted by molar-refractivity contribution is 5.68. The first kappa shape index (κ1) is 14.9. The van der Waals surface area contributed by atoms with Gasteiger partial charge in [0.2, 0.25) is 5.65 Å². The van der Waals surface area contributed by atoms with Gasteiger partial charge >= 0.3 is 0 Å². The van der Waals surface area contributed by atoms with Crippen molar-refractivity contribution in [1.82, 2.24) is 19.8 Å². The molecule has 1 N–H and O–H groups in total. The molecule has 2 aliphatic rings. The van der Waals surface area contributed by atoms with Crippen LogP contribution in [0.5, 0.6) is 0 Å². The van der Waals surface area contributed by atoms with Gasteiger partial charge in [0.25, 0.3) is 0 Å². The molecule has 2 aromatic heterocycles.